The minimum atomic E-state index is -4.17. The van der Waals surface area contributed by atoms with E-state index in [1.807, 2.05) is 4.90 Å². The number of alkyl halides is 3. The summed E-state index contributed by atoms with van der Waals surface area (Å²) in [6, 6.07) is 6.02. The number of nitrogens with one attached hydrogen (secondary N) is 1. The Hall–Kier alpha value is -0.200. The first-order chi connectivity index (χ1) is 8.96. The molecule has 2 nitrogen and oxygen atoms in total. The maximum absolute atomic E-state index is 12.8. The number of rotatable bonds is 3. The number of hydrogen-bond acceptors (Lipinski definition) is 2. The average Bonchev–Trinajstić information content (AvgIpc) is 2.37. The van der Waals surface area contributed by atoms with Crippen molar-refractivity contribution in [3.05, 3.63) is 34.9 Å². The van der Waals surface area contributed by atoms with Crippen molar-refractivity contribution in [3.8, 4) is 0 Å². The number of benzene rings is 1. The van der Waals surface area contributed by atoms with E-state index in [0.717, 1.165) is 13.1 Å². The molecule has 1 aliphatic heterocycles. The molecule has 1 aromatic carbocycles. The fourth-order valence-electron chi connectivity index (χ4n) is 2.36. The summed E-state index contributed by atoms with van der Waals surface area (Å²) in [4.78, 5) is 1.88. The molecule has 0 aliphatic carbocycles. The van der Waals surface area contributed by atoms with E-state index in [4.69, 9.17) is 11.6 Å². The van der Waals surface area contributed by atoms with Crippen LogP contribution in [0.15, 0.2) is 24.3 Å². The van der Waals surface area contributed by atoms with E-state index in [1.165, 1.54) is 0 Å². The molecule has 1 N–H and O–H groups in total. The molecule has 1 saturated heterocycles. The van der Waals surface area contributed by atoms with Crippen molar-refractivity contribution in [1.82, 2.24) is 10.2 Å². The maximum Gasteiger partial charge on any atom is 0.390 e. The monoisotopic (exact) mass is 364 g/mol. The van der Waals surface area contributed by atoms with Gasteiger partial charge in [-0.15, -0.1) is 24.8 Å². The van der Waals surface area contributed by atoms with Crippen molar-refractivity contribution < 1.29 is 13.2 Å². The highest BCUT2D eigenvalue weighted by molar-refractivity contribution is 6.30. The number of halogens is 6. The van der Waals surface area contributed by atoms with Crippen molar-refractivity contribution >= 4 is 36.4 Å². The Balaban J connectivity index is 0.00000200. The van der Waals surface area contributed by atoms with Gasteiger partial charge in [-0.1, -0.05) is 23.7 Å². The van der Waals surface area contributed by atoms with Crippen molar-refractivity contribution in [3.63, 3.8) is 0 Å². The van der Waals surface area contributed by atoms with Gasteiger partial charge in [-0.25, -0.2) is 0 Å². The summed E-state index contributed by atoms with van der Waals surface area (Å²) in [5, 5.41) is 3.69. The van der Waals surface area contributed by atoms with Crippen LogP contribution in [0.1, 0.15) is 18.0 Å². The van der Waals surface area contributed by atoms with E-state index in [9.17, 15) is 13.2 Å². The molecule has 122 valence electrons. The zero-order valence-electron chi connectivity index (χ0n) is 11.2. The van der Waals surface area contributed by atoms with E-state index in [-0.39, 0.29) is 24.8 Å². The quantitative estimate of drug-likeness (QED) is 0.868. The first-order valence-corrected chi connectivity index (χ1v) is 6.60. The Morgan fingerprint density at radius 1 is 1.10 bits per heavy atom. The van der Waals surface area contributed by atoms with Crippen LogP contribution in [0.5, 0.6) is 0 Å². The molecule has 1 atom stereocenters. The predicted octanol–water partition coefficient (Wildman–Crippen LogP) is 4.08. The summed E-state index contributed by atoms with van der Waals surface area (Å²) in [6.45, 7) is 2.70. The lowest BCUT2D eigenvalue weighted by Gasteiger charge is -2.35. The van der Waals surface area contributed by atoms with Crippen LogP contribution >= 0.6 is 36.4 Å². The van der Waals surface area contributed by atoms with Crippen LogP contribution in [0.3, 0.4) is 0 Å². The highest BCUT2D eigenvalue weighted by Crippen LogP contribution is 2.34. The van der Waals surface area contributed by atoms with Crippen LogP contribution in [0, 0.1) is 0 Å². The lowest BCUT2D eigenvalue weighted by molar-refractivity contribution is -0.148. The molecule has 1 heterocycles. The summed E-state index contributed by atoms with van der Waals surface area (Å²) < 4.78 is 38.3. The van der Waals surface area contributed by atoms with E-state index in [2.05, 4.69) is 5.32 Å². The van der Waals surface area contributed by atoms with Crippen molar-refractivity contribution in [2.75, 3.05) is 26.2 Å². The largest absolute Gasteiger partial charge is 0.390 e. The highest BCUT2D eigenvalue weighted by atomic mass is 35.5. The van der Waals surface area contributed by atoms with Gasteiger partial charge in [-0.05, 0) is 17.7 Å². The van der Waals surface area contributed by atoms with Gasteiger partial charge in [-0.3, -0.25) is 4.90 Å². The minimum Gasteiger partial charge on any atom is -0.314 e. The first kappa shape index (κ1) is 20.8. The van der Waals surface area contributed by atoms with Crippen LogP contribution in [0.4, 0.5) is 13.2 Å². The lowest BCUT2D eigenvalue weighted by atomic mass is 10.0. The number of nitrogens with zero attached hydrogens (tertiary/aromatic N) is 1. The third-order valence-corrected chi connectivity index (χ3v) is 3.52. The van der Waals surface area contributed by atoms with Gasteiger partial charge >= 0.3 is 6.18 Å². The van der Waals surface area contributed by atoms with Gasteiger partial charge in [0, 0.05) is 37.2 Å². The Bertz CT molecular complexity index is 406. The Labute approximate surface area is 139 Å². The second-order valence-electron chi connectivity index (χ2n) is 4.67. The van der Waals surface area contributed by atoms with Crippen molar-refractivity contribution in [2.45, 2.75) is 18.6 Å². The number of piperazine rings is 1. The van der Waals surface area contributed by atoms with E-state index < -0.39 is 18.6 Å². The average molecular weight is 366 g/mol. The van der Waals surface area contributed by atoms with E-state index >= 15 is 0 Å². The van der Waals surface area contributed by atoms with Gasteiger partial charge in [0.05, 0.1) is 6.42 Å². The molecule has 0 spiro atoms. The highest BCUT2D eigenvalue weighted by Gasteiger charge is 2.35. The molecule has 8 heteroatoms. The summed E-state index contributed by atoms with van der Waals surface area (Å²) in [6.07, 6.45) is -5.00. The topological polar surface area (TPSA) is 15.3 Å². The fourth-order valence-corrected chi connectivity index (χ4v) is 2.48. The molecule has 0 amide bonds. The van der Waals surface area contributed by atoms with Gasteiger partial charge < -0.3 is 5.32 Å². The molecule has 0 bridgehead atoms. The smallest absolute Gasteiger partial charge is 0.314 e. The van der Waals surface area contributed by atoms with Gasteiger partial charge in [0.1, 0.15) is 0 Å². The van der Waals surface area contributed by atoms with Gasteiger partial charge in [-0.2, -0.15) is 13.2 Å². The van der Waals surface area contributed by atoms with Crippen molar-refractivity contribution in [1.29, 1.82) is 0 Å². The lowest BCUT2D eigenvalue weighted by Crippen LogP contribution is -2.46. The van der Waals surface area contributed by atoms with Gasteiger partial charge in [0.25, 0.3) is 0 Å². The second kappa shape index (κ2) is 9.06. The fraction of sp³-hybridized carbons (Fsp3) is 0.538. The van der Waals surface area contributed by atoms with Crippen LogP contribution in [-0.4, -0.2) is 37.3 Å². The Morgan fingerprint density at radius 3 is 2.10 bits per heavy atom. The maximum atomic E-state index is 12.8. The van der Waals surface area contributed by atoms with Crippen LogP contribution in [0.2, 0.25) is 5.02 Å². The molecule has 2 rings (SSSR count). The SMILES string of the molecule is Cl.Cl.FC(F)(F)C[C@H](c1ccc(Cl)cc1)N1CCNCC1. The molecule has 0 saturated carbocycles. The third kappa shape index (κ3) is 6.61. The molecule has 0 aromatic heterocycles. The van der Waals surface area contributed by atoms with Crippen LogP contribution in [-0.2, 0) is 0 Å². The van der Waals surface area contributed by atoms with Crippen molar-refractivity contribution in [2.24, 2.45) is 0 Å². The zero-order valence-corrected chi connectivity index (χ0v) is 13.6. The van der Waals surface area contributed by atoms with Gasteiger partial charge in [0.2, 0.25) is 0 Å². The van der Waals surface area contributed by atoms with E-state index in [1.54, 1.807) is 24.3 Å². The molecular formula is C13H18Cl3F3N2. The first-order valence-electron chi connectivity index (χ1n) is 6.23. The minimum absolute atomic E-state index is 0. The Morgan fingerprint density at radius 2 is 1.62 bits per heavy atom. The molecule has 0 unspecified atom stereocenters. The summed E-state index contributed by atoms with van der Waals surface area (Å²) in [7, 11) is 0. The summed E-state index contributed by atoms with van der Waals surface area (Å²) >= 11 is 5.79. The molecular weight excluding hydrogens is 348 g/mol. The predicted molar refractivity (Wildman–Crippen MR) is 83.8 cm³/mol. The molecule has 21 heavy (non-hydrogen) atoms. The molecule has 1 aromatic rings. The summed E-state index contributed by atoms with van der Waals surface area (Å²) in [5.74, 6) is 0. The zero-order chi connectivity index (χ0) is 13.9. The van der Waals surface area contributed by atoms with E-state index in [0.29, 0.717) is 23.7 Å². The van der Waals surface area contributed by atoms with Gasteiger partial charge in [0.15, 0.2) is 0 Å². The number of hydrogen-bond donors (Lipinski definition) is 1. The molecule has 1 fully saturated rings. The molecule has 0 radical (unpaired) electrons. The standard InChI is InChI=1S/C13H16ClF3N2.2ClH/c14-11-3-1-10(2-4-11)12(9-13(15,16)17)19-7-5-18-6-8-19;;/h1-4,12,18H,5-9H2;2*1H/t12-;;/m1../s1. The van der Waals surface area contributed by atoms with Crippen LogP contribution in [0.25, 0.3) is 0 Å². The van der Waals surface area contributed by atoms with Crippen LogP contribution < -0.4 is 5.32 Å². The molecule has 1 aliphatic rings. The third-order valence-electron chi connectivity index (χ3n) is 3.27. The Kier molecular flexibility index (Phi) is 8.97. The normalized spacial score (nSPS) is 17.5. The summed E-state index contributed by atoms with van der Waals surface area (Å²) in [5.41, 5.74) is 0.670. The second-order valence-corrected chi connectivity index (χ2v) is 5.11.